The molecule has 7 nitrogen and oxygen atoms in total. The average Bonchev–Trinajstić information content (AvgIpc) is 3.44. The summed E-state index contributed by atoms with van der Waals surface area (Å²) in [6, 6.07) is 21.0. The number of aryl methyl sites for hydroxylation is 1. The van der Waals surface area contributed by atoms with Crippen LogP contribution < -0.4 is 9.62 Å². The molecule has 3 aromatic carbocycles. The fourth-order valence-electron chi connectivity index (χ4n) is 5.15. The third kappa shape index (κ3) is 8.56. The number of amides is 2. The summed E-state index contributed by atoms with van der Waals surface area (Å²) in [5.41, 5.74) is 2.84. The summed E-state index contributed by atoms with van der Waals surface area (Å²) >= 11 is 9.72. The van der Waals surface area contributed by atoms with Gasteiger partial charge in [-0.2, -0.15) is 0 Å². The Morgan fingerprint density at radius 3 is 2.32 bits per heavy atom. The summed E-state index contributed by atoms with van der Waals surface area (Å²) in [4.78, 5) is 29.6. The lowest BCUT2D eigenvalue weighted by atomic mass is 10.0. The van der Waals surface area contributed by atoms with Crippen LogP contribution in [0.3, 0.4) is 0 Å². The summed E-state index contributed by atoms with van der Waals surface area (Å²) in [5, 5.41) is 3.67. The molecular weight excluding hydrogens is 626 g/mol. The van der Waals surface area contributed by atoms with Gasteiger partial charge in [0, 0.05) is 28.5 Å². The quantitative estimate of drug-likeness (QED) is 0.279. The van der Waals surface area contributed by atoms with Gasteiger partial charge in [-0.25, -0.2) is 8.42 Å². The first-order valence-corrected chi connectivity index (χ1v) is 16.7. The molecule has 41 heavy (non-hydrogen) atoms. The van der Waals surface area contributed by atoms with Crippen molar-refractivity contribution in [2.75, 3.05) is 17.1 Å². The normalized spacial score (nSPS) is 14.4. The Morgan fingerprint density at radius 1 is 1.00 bits per heavy atom. The van der Waals surface area contributed by atoms with E-state index in [0.717, 1.165) is 57.4 Å². The van der Waals surface area contributed by atoms with E-state index in [-0.39, 0.29) is 24.9 Å². The van der Waals surface area contributed by atoms with Crippen LogP contribution >= 0.6 is 27.5 Å². The Kier molecular flexibility index (Phi) is 10.5. The predicted octanol–water partition coefficient (Wildman–Crippen LogP) is 5.88. The number of nitrogens with one attached hydrogen (secondary N) is 1. The highest BCUT2D eigenvalue weighted by atomic mass is 79.9. The van der Waals surface area contributed by atoms with Crippen molar-refractivity contribution in [3.05, 3.63) is 99.0 Å². The summed E-state index contributed by atoms with van der Waals surface area (Å²) < 4.78 is 27.8. The zero-order valence-electron chi connectivity index (χ0n) is 23.2. The predicted molar refractivity (Wildman–Crippen MR) is 167 cm³/mol. The van der Waals surface area contributed by atoms with Gasteiger partial charge >= 0.3 is 0 Å². The molecule has 1 atom stereocenters. The molecule has 0 radical (unpaired) electrons. The first kappa shape index (κ1) is 31.1. The SMILES string of the molecule is Cc1cc(N(CC(=O)N(Cc2cccc(Cl)c2)[C@@H](Cc2ccccc2)C(=O)NC2CCCC2)S(C)(=O)=O)ccc1Br. The van der Waals surface area contributed by atoms with Crippen molar-refractivity contribution in [1.82, 2.24) is 10.2 Å². The molecule has 218 valence electrons. The first-order chi connectivity index (χ1) is 19.5. The standard InChI is InChI=1S/C31H35BrClN3O4S/c1-22-17-27(15-16-28(22)32)36(41(2,39)40)21-30(37)35(20-24-11-8-12-25(33)18-24)29(19-23-9-4-3-5-10-23)31(38)34-26-13-6-7-14-26/h3-5,8-12,15-18,26,29H,6-7,13-14,19-21H2,1-2H3,(H,34,38)/t29-/m0/s1. The lowest BCUT2D eigenvalue weighted by Crippen LogP contribution is -2.54. The van der Waals surface area contributed by atoms with E-state index < -0.39 is 28.5 Å². The summed E-state index contributed by atoms with van der Waals surface area (Å²) in [5.74, 6) is -0.736. The molecule has 10 heteroatoms. The summed E-state index contributed by atoms with van der Waals surface area (Å²) in [7, 11) is -3.83. The van der Waals surface area contributed by atoms with Gasteiger partial charge in [-0.05, 0) is 66.8 Å². The fraction of sp³-hybridized carbons (Fsp3) is 0.355. The Hall–Kier alpha value is -2.88. The molecule has 2 amide bonds. The number of benzene rings is 3. The molecule has 0 heterocycles. The van der Waals surface area contributed by atoms with Crippen LogP contribution in [0.4, 0.5) is 5.69 Å². The highest BCUT2D eigenvalue weighted by Crippen LogP contribution is 2.26. The maximum Gasteiger partial charge on any atom is 0.244 e. The number of carbonyl (C=O) groups is 2. The molecule has 0 saturated heterocycles. The Labute approximate surface area is 256 Å². The van der Waals surface area contributed by atoms with Crippen LogP contribution in [0.15, 0.2) is 77.3 Å². The minimum absolute atomic E-state index is 0.0575. The van der Waals surface area contributed by atoms with E-state index >= 15 is 0 Å². The van der Waals surface area contributed by atoms with Crippen molar-refractivity contribution in [3.63, 3.8) is 0 Å². The van der Waals surface area contributed by atoms with Crippen molar-refractivity contribution in [3.8, 4) is 0 Å². The van der Waals surface area contributed by atoms with E-state index in [2.05, 4.69) is 21.2 Å². The van der Waals surface area contributed by atoms with Gasteiger partial charge in [0.25, 0.3) is 0 Å². The lowest BCUT2D eigenvalue weighted by molar-refractivity contribution is -0.140. The molecule has 4 rings (SSSR count). The second-order valence-corrected chi connectivity index (χ2v) is 13.7. The van der Waals surface area contributed by atoms with E-state index in [1.807, 2.05) is 43.3 Å². The molecule has 1 saturated carbocycles. The minimum Gasteiger partial charge on any atom is -0.352 e. The maximum atomic E-state index is 14.2. The van der Waals surface area contributed by atoms with Crippen molar-refractivity contribution in [2.45, 2.75) is 57.7 Å². The molecule has 0 aromatic heterocycles. The number of anilines is 1. The first-order valence-electron chi connectivity index (χ1n) is 13.6. The molecule has 0 aliphatic heterocycles. The van der Waals surface area contributed by atoms with Gasteiger partial charge < -0.3 is 10.2 Å². The van der Waals surface area contributed by atoms with E-state index in [0.29, 0.717) is 10.7 Å². The molecule has 1 aliphatic carbocycles. The largest absolute Gasteiger partial charge is 0.352 e. The molecule has 0 spiro atoms. The fourth-order valence-corrected chi connectivity index (χ4v) is 6.45. The number of sulfonamides is 1. The highest BCUT2D eigenvalue weighted by molar-refractivity contribution is 9.10. The van der Waals surface area contributed by atoms with Gasteiger partial charge in [0.2, 0.25) is 21.8 Å². The van der Waals surface area contributed by atoms with Crippen LogP contribution in [-0.4, -0.2) is 50.0 Å². The molecule has 0 bridgehead atoms. The monoisotopic (exact) mass is 659 g/mol. The number of hydrogen-bond donors (Lipinski definition) is 1. The van der Waals surface area contributed by atoms with Crippen LogP contribution in [-0.2, 0) is 32.6 Å². The molecule has 1 fully saturated rings. The zero-order valence-corrected chi connectivity index (χ0v) is 26.4. The van der Waals surface area contributed by atoms with Gasteiger partial charge in [-0.1, -0.05) is 82.8 Å². The number of nitrogens with zero attached hydrogens (tertiary/aromatic N) is 2. The maximum absolute atomic E-state index is 14.2. The van der Waals surface area contributed by atoms with E-state index in [1.54, 1.807) is 36.4 Å². The van der Waals surface area contributed by atoms with Crippen LogP contribution in [0.25, 0.3) is 0 Å². The minimum atomic E-state index is -3.83. The Morgan fingerprint density at radius 2 is 1.68 bits per heavy atom. The van der Waals surface area contributed by atoms with Crippen molar-refractivity contribution < 1.29 is 18.0 Å². The van der Waals surface area contributed by atoms with Crippen molar-refractivity contribution in [2.24, 2.45) is 0 Å². The Balaban J connectivity index is 1.73. The molecular formula is C31H35BrClN3O4S. The van der Waals surface area contributed by atoms with Gasteiger partial charge in [0.15, 0.2) is 0 Å². The van der Waals surface area contributed by atoms with E-state index in [1.165, 1.54) is 4.90 Å². The van der Waals surface area contributed by atoms with Gasteiger partial charge in [0.05, 0.1) is 11.9 Å². The van der Waals surface area contributed by atoms with Gasteiger partial charge in [-0.3, -0.25) is 13.9 Å². The summed E-state index contributed by atoms with van der Waals surface area (Å²) in [6.45, 7) is 1.49. The van der Waals surface area contributed by atoms with Crippen LogP contribution in [0.5, 0.6) is 0 Å². The zero-order chi connectivity index (χ0) is 29.6. The number of carbonyl (C=O) groups excluding carboxylic acids is 2. The molecule has 1 aliphatic rings. The van der Waals surface area contributed by atoms with Crippen molar-refractivity contribution in [1.29, 1.82) is 0 Å². The summed E-state index contributed by atoms with van der Waals surface area (Å²) in [6.07, 6.45) is 5.26. The highest BCUT2D eigenvalue weighted by Gasteiger charge is 2.34. The third-order valence-electron chi connectivity index (χ3n) is 7.32. The van der Waals surface area contributed by atoms with Crippen LogP contribution in [0, 0.1) is 6.92 Å². The number of rotatable bonds is 11. The van der Waals surface area contributed by atoms with E-state index in [9.17, 15) is 18.0 Å². The lowest BCUT2D eigenvalue weighted by Gasteiger charge is -2.34. The van der Waals surface area contributed by atoms with Crippen molar-refractivity contribution >= 4 is 55.1 Å². The molecule has 1 N–H and O–H groups in total. The Bertz CT molecular complexity index is 1480. The molecule has 3 aromatic rings. The van der Waals surface area contributed by atoms with Gasteiger partial charge in [0.1, 0.15) is 12.6 Å². The van der Waals surface area contributed by atoms with E-state index in [4.69, 9.17) is 11.6 Å². The van der Waals surface area contributed by atoms with Gasteiger partial charge in [-0.15, -0.1) is 0 Å². The van der Waals surface area contributed by atoms with Crippen LogP contribution in [0.1, 0.15) is 42.4 Å². The second kappa shape index (κ2) is 13.9. The topological polar surface area (TPSA) is 86.8 Å². The van der Waals surface area contributed by atoms with Crippen LogP contribution in [0.2, 0.25) is 5.02 Å². The second-order valence-electron chi connectivity index (χ2n) is 10.6. The molecule has 0 unspecified atom stereocenters. The average molecular weight is 661 g/mol. The number of hydrogen-bond acceptors (Lipinski definition) is 4. The third-order valence-corrected chi connectivity index (χ3v) is 9.59. The number of halogens is 2. The smallest absolute Gasteiger partial charge is 0.244 e.